The molecule has 0 radical (unpaired) electrons. The van der Waals surface area contributed by atoms with Crippen LogP contribution in [0.1, 0.15) is 115 Å². The van der Waals surface area contributed by atoms with E-state index in [-0.39, 0.29) is 23.8 Å². The van der Waals surface area contributed by atoms with Gasteiger partial charge >= 0.3 is 0 Å². The van der Waals surface area contributed by atoms with Crippen LogP contribution in [-0.4, -0.2) is 91.2 Å². The minimum absolute atomic E-state index is 0.130. The summed E-state index contributed by atoms with van der Waals surface area (Å²) in [4.78, 5) is 46.5. The summed E-state index contributed by atoms with van der Waals surface area (Å²) >= 11 is 0. The summed E-state index contributed by atoms with van der Waals surface area (Å²) in [5, 5.41) is 15.4. The van der Waals surface area contributed by atoms with Crippen LogP contribution in [0.25, 0.3) is 16.8 Å². The molecule has 1 fully saturated rings. The van der Waals surface area contributed by atoms with Gasteiger partial charge < -0.3 is 20.3 Å². The number of benzene rings is 2. The molecule has 0 bridgehead atoms. The Morgan fingerprint density at radius 3 is 2.48 bits per heavy atom. The van der Waals surface area contributed by atoms with Gasteiger partial charge in [0.05, 0.1) is 53.1 Å². The van der Waals surface area contributed by atoms with Gasteiger partial charge in [0.1, 0.15) is 5.75 Å². The first-order chi connectivity index (χ1) is 27.3. The number of piperidine rings is 1. The largest absolute Gasteiger partial charge is 0.493 e. The number of likely N-dealkylation sites (tertiary alicyclic amines) is 1. The molecule has 0 aliphatic carbocycles. The molecule has 5 aromatic rings. The minimum Gasteiger partial charge on any atom is -0.493 e. The van der Waals surface area contributed by atoms with E-state index in [0.29, 0.717) is 41.0 Å². The number of fused-ring (bicyclic) bond motifs is 2. The Labute approximate surface area is 328 Å². The van der Waals surface area contributed by atoms with E-state index in [0.717, 1.165) is 74.2 Å². The molecule has 0 saturated carbocycles. The first-order valence-electron chi connectivity index (χ1n) is 20.2. The standard InChI is InChI=1S/C43H53N9O4/c1-4-30(2)51-41(54)36-16-13-17-38(39(36)42(51)55)56-25-11-9-7-5-6-8-10-22-49-23-20-34(21-24-49)50-29-33(27-46-50)47-43-45-28-35-18-19-37(52(35)48-43)31-14-12-15-32(26-31)40(53)44-3/h12-19,26-30,34H,4-11,20-25H2,1-3H3,(H,44,53)(H,47,48). The molecule has 2 aromatic carbocycles. The Balaban J connectivity index is 0.779. The van der Waals surface area contributed by atoms with Crippen LogP contribution >= 0.6 is 0 Å². The third-order valence-corrected chi connectivity index (χ3v) is 11.2. The fourth-order valence-electron chi connectivity index (χ4n) is 7.76. The average molecular weight is 760 g/mol. The van der Waals surface area contributed by atoms with Gasteiger partial charge in [0, 0.05) is 43.5 Å². The van der Waals surface area contributed by atoms with Crippen molar-refractivity contribution in [2.24, 2.45) is 0 Å². The smallest absolute Gasteiger partial charge is 0.265 e. The summed E-state index contributed by atoms with van der Waals surface area (Å²) in [6, 6.07) is 17.0. The number of carbonyl (C=O) groups excluding carboxylic acids is 3. The van der Waals surface area contributed by atoms with E-state index in [9.17, 15) is 14.4 Å². The second-order valence-electron chi connectivity index (χ2n) is 14.9. The molecule has 2 N–H and O–H groups in total. The number of imide groups is 1. The second kappa shape index (κ2) is 17.9. The maximum atomic E-state index is 13.0. The topological polar surface area (TPSA) is 139 Å². The van der Waals surface area contributed by atoms with Crippen molar-refractivity contribution >= 4 is 34.9 Å². The normalized spacial score (nSPS) is 15.4. The number of hydrogen-bond acceptors (Lipinski definition) is 9. The average Bonchev–Trinajstić information content (AvgIpc) is 3.94. The third-order valence-electron chi connectivity index (χ3n) is 11.2. The van der Waals surface area contributed by atoms with E-state index in [1.165, 1.54) is 37.0 Å². The Kier molecular flexibility index (Phi) is 12.4. The Morgan fingerprint density at radius 1 is 0.929 bits per heavy atom. The molecule has 2 aliphatic heterocycles. The van der Waals surface area contributed by atoms with Crippen LogP contribution in [0.3, 0.4) is 0 Å². The number of hydrogen-bond donors (Lipinski definition) is 2. The first kappa shape index (κ1) is 38.7. The lowest BCUT2D eigenvalue weighted by molar-refractivity contribution is 0.0592. The zero-order chi connectivity index (χ0) is 39.0. The van der Waals surface area contributed by atoms with Crippen molar-refractivity contribution in [3.05, 3.63) is 89.9 Å². The molecule has 0 spiro atoms. The molecule has 294 valence electrons. The summed E-state index contributed by atoms with van der Waals surface area (Å²) in [6.45, 7) is 7.72. The van der Waals surface area contributed by atoms with Crippen LogP contribution in [0.2, 0.25) is 0 Å². The highest BCUT2D eigenvalue weighted by Crippen LogP contribution is 2.33. The summed E-state index contributed by atoms with van der Waals surface area (Å²) in [5.41, 5.74) is 4.94. The molecule has 3 amide bonds. The molecule has 13 heteroatoms. The quantitative estimate of drug-likeness (QED) is 0.0686. The van der Waals surface area contributed by atoms with Crippen molar-refractivity contribution in [3.8, 4) is 17.0 Å². The molecular formula is C43H53N9O4. The molecule has 3 aromatic heterocycles. The number of nitrogens with zero attached hydrogens (tertiary/aromatic N) is 7. The Morgan fingerprint density at radius 2 is 1.70 bits per heavy atom. The number of aromatic nitrogens is 5. The lowest BCUT2D eigenvalue weighted by atomic mass is 10.0. The van der Waals surface area contributed by atoms with Crippen molar-refractivity contribution in [2.75, 3.05) is 38.6 Å². The van der Waals surface area contributed by atoms with Gasteiger partial charge in [-0.2, -0.15) is 5.10 Å². The summed E-state index contributed by atoms with van der Waals surface area (Å²) < 4.78 is 9.92. The molecule has 56 heavy (non-hydrogen) atoms. The van der Waals surface area contributed by atoms with Gasteiger partial charge in [-0.05, 0) is 82.0 Å². The predicted molar refractivity (Wildman–Crippen MR) is 217 cm³/mol. The van der Waals surface area contributed by atoms with E-state index < -0.39 is 0 Å². The van der Waals surface area contributed by atoms with Crippen LogP contribution in [0.5, 0.6) is 5.75 Å². The first-order valence-corrected chi connectivity index (χ1v) is 20.2. The van der Waals surface area contributed by atoms with Crippen LogP contribution < -0.4 is 15.4 Å². The molecule has 1 saturated heterocycles. The molecule has 13 nitrogen and oxygen atoms in total. The number of ether oxygens (including phenoxy) is 1. The highest BCUT2D eigenvalue weighted by molar-refractivity contribution is 6.22. The highest BCUT2D eigenvalue weighted by atomic mass is 16.5. The van der Waals surface area contributed by atoms with Gasteiger partial charge in [0.2, 0.25) is 5.95 Å². The van der Waals surface area contributed by atoms with Crippen LogP contribution in [0.15, 0.2) is 73.2 Å². The molecule has 1 unspecified atom stereocenters. The van der Waals surface area contributed by atoms with Gasteiger partial charge in [-0.3, -0.25) is 24.0 Å². The maximum Gasteiger partial charge on any atom is 0.265 e. The third kappa shape index (κ3) is 8.62. The molecular weight excluding hydrogens is 707 g/mol. The van der Waals surface area contributed by atoms with Crippen molar-refractivity contribution in [1.29, 1.82) is 0 Å². The molecule has 5 heterocycles. The van der Waals surface area contributed by atoms with Crippen LogP contribution in [0, 0.1) is 0 Å². The SMILES string of the molecule is CCC(C)N1C(=O)c2cccc(OCCCCCCCCCN3CCC(n4cc(Nc5ncc6ccc(-c7cccc(C(=O)NC)c7)n6n5)cn4)CC3)c2C1=O. The predicted octanol–water partition coefficient (Wildman–Crippen LogP) is 7.54. The van der Waals surface area contributed by atoms with Crippen molar-refractivity contribution in [1.82, 2.24) is 39.5 Å². The second-order valence-corrected chi connectivity index (χ2v) is 14.9. The van der Waals surface area contributed by atoms with Gasteiger partial charge in [-0.25, -0.2) is 9.50 Å². The van der Waals surface area contributed by atoms with E-state index in [1.807, 2.05) is 61.1 Å². The van der Waals surface area contributed by atoms with Crippen LogP contribution in [-0.2, 0) is 0 Å². The lowest BCUT2D eigenvalue weighted by Gasteiger charge is -2.32. The molecule has 1 atom stereocenters. The molecule has 2 aliphatic rings. The fraction of sp³-hybridized carbons (Fsp3) is 0.442. The van der Waals surface area contributed by atoms with Crippen molar-refractivity contribution < 1.29 is 19.1 Å². The lowest BCUT2D eigenvalue weighted by Crippen LogP contribution is -2.37. The van der Waals surface area contributed by atoms with Crippen molar-refractivity contribution in [2.45, 2.75) is 90.1 Å². The zero-order valence-corrected chi connectivity index (χ0v) is 32.7. The minimum atomic E-state index is -0.237. The number of amides is 3. The maximum absolute atomic E-state index is 13.0. The van der Waals surface area contributed by atoms with Gasteiger partial charge in [-0.1, -0.05) is 57.2 Å². The summed E-state index contributed by atoms with van der Waals surface area (Å²) in [5.74, 6) is 0.413. The number of nitrogens with one attached hydrogen (secondary N) is 2. The van der Waals surface area contributed by atoms with E-state index in [2.05, 4.69) is 30.3 Å². The van der Waals surface area contributed by atoms with Gasteiger partial charge in [0.25, 0.3) is 17.7 Å². The van der Waals surface area contributed by atoms with Gasteiger partial charge in [-0.15, -0.1) is 5.10 Å². The van der Waals surface area contributed by atoms with Gasteiger partial charge in [0.15, 0.2) is 0 Å². The summed E-state index contributed by atoms with van der Waals surface area (Å²) in [7, 11) is 1.63. The summed E-state index contributed by atoms with van der Waals surface area (Å²) in [6.07, 6.45) is 16.6. The molecule has 7 rings (SSSR count). The zero-order valence-electron chi connectivity index (χ0n) is 32.7. The Bertz CT molecular complexity index is 2150. The number of carbonyl (C=O) groups is 3. The van der Waals surface area contributed by atoms with E-state index >= 15 is 0 Å². The van der Waals surface area contributed by atoms with Crippen molar-refractivity contribution in [3.63, 3.8) is 0 Å². The van der Waals surface area contributed by atoms with E-state index in [4.69, 9.17) is 9.84 Å². The number of unbranched alkanes of at least 4 members (excludes halogenated alkanes) is 6. The monoisotopic (exact) mass is 759 g/mol. The van der Waals surface area contributed by atoms with E-state index in [1.54, 1.807) is 37.5 Å². The Hall–Kier alpha value is -5.56. The number of anilines is 2. The fourth-order valence-corrected chi connectivity index (χ4v) is 7.76. The highest BCUT2D eigenvalue weighted by Gasteiger charge is 2.40. The number of rotatable bonds is 18. The van der Waals surface area contributed by atoms with Crippen LogP contribution in [0.4, 0.5) is 11.6 Å².